The van der Waals surface area contributed by atoms with E-state index in [1.165, 1.54) is 0 Å². The van der Waals surface area contributed by atoms with Crippen LogP contribution in [0.25, 0.3) is 0 Å². The molecule has 0 aliphatic heterocycles. The van der Waals surface area contributed by atoms with Crippen molar-refractivity contribution in [2.45, 2.75) is 24.3 Å². The van der Waals surface area contributed by atoms with Crippen LogP contribution in [0.1, 0.15) is 18.4 Å². The van der Waals surface area contributed by atoms with Crippen molar-refractivity contribution in [3.8, 4) is 0 Å². The lowest BCUT2D eigenvalue weighted by Crippen LogP contribution is -1.98. The van der Waals surface area contributed by atoms with E-state index in [0.717, 1.165) is 28.2 Å². The average Bonchev–Trinajstić information content (AvgIpc) is 2.33. The zero-order valence-electron chi connectivity index (χ0n) is 9.02. The van der Waals surface area contributed by atoms with E-state index in [-0.39, 0.29) is 0 Å². The quantitative estimate of drug-likeness (QED) is 0.841. The SMILES string of the molecule is NCc1ccccc1SC1=C(O)CCC=C1. The average molecular weight is 233 g/mol. The van der Waals surface area contributed by atoms with Gasteiger partial charge in [-0.25, -0.2) is 0 Å². The van der Waals surface area contributed by atoms with Crippen LogP contribution in [0.2, 0.25) is 0 Å². The van der Waals surface area contributed by atoms with Crippen LogP contribution in [0.5, 0.6) is 0 Å². The lowest BCUT2D eigenvalue weighted by molar-refractivity contribution is 0.386. The Balaban J connectivity index is 2.23. The second kappa shape index (κ2) is 5.23. The number of thioether (sulfide) groups is 1. The molecule has 16 heavy (non-hydrogen) atoms. The van der Waals surface area contributed by atoms with Crippen LogP contribution in [0, 0.1) is 0 Å². The number of hydrogen-bond donors (Lipinski definition) is 2. The first-order valence-electron chi connectivity index (χ1n) is 5.35. The molecule has 1 aromatic rings. The zero-order chi connectivity index (χ0) is 11.4. The molecule has 84 valence electrons. The minimum atomic E-state index is 0.485. The summed E-state index contributed by atoms with van der Waals surface area (Å²) in [6.07, 6.45) is 5.74. The topological polar surface area (TPSA) is 46.2 Å². The molecule has 1 aliphatic carbocycles. The predicted octanol–water partition coefficient (Wildman–Crippen LogP) is 3.36. The zero-order valence-corrected chi connectivity index (χ0v) is 9.83. The fourth-order valence-corrected chi connectivity index (χ4v) is 2.66. The summed E-state index contributed by atoms with van der Waals surface area (Å²) >= 11 is 1.59. The standard InChI is InChI=1S/C13H15NOS/c14-9-10-5-1-3-7-12(10)16-13-8-4-2-6-11(13)15/h1,3-5,7-8,15H,2,6,9,14H2. The van der Waals surface area contributed by atoms with Gasteiger partial charge in [-0.1, -0.05) is 36.0 Å². The van der Waals surface area contributed by atoms with Crippen molar-refractivity contribution in [3.63, 3.8) is 0 Å². The smallest absolute Gasteiger partial charge is 0.106 e. The number of nitrogens with two attached hydrogens (primary N) is 1. The van der Waals surface area contributed by atoms with Crippen LogP contribution >= 0.6 is 11.8 Å². The summed E-state index contributed by atoms with van der Waals surface area (Å²) < 4.78 is 0. The second-order valence-corrected chi connectivity index (χ2v) is 4.75. The maximum absolute atomic E-state index is 9.77. The second-order valence-electron chi connectivity index (χ2n) is 3.67. The highest BCUT2D eigenvalue weighted by atomic mass is 32.2. The third-order valence-electron chi connectivity index (χ3n) is 2.51. The van der Waals surface area contributed by atoms with E-state index in [2.05, 4.69) is 6.08 Å². The largest absolute Gasteiger partial charge is 0.511 e. The molecule has 0 amide bonds. The van der Waals surface area contributed by atoms with Crippen molar-refractivity contribution in [2.75, 3.05) is 0 Å². The van der Waals surface area contributed by atoms with Gasteiger partial charge in [0.25, 0.3) is 0 Å². The molecule has 0 saturated carbocycles. The van der Waals surface area contributed by atoms with Crippen LogP contribution in [0.3, 0.4) is 0 Å². The summed E-state index contributed by atoms with van der Waals surface area (Å²) in [6.45, 7) is 0.529. The van der Waals surface area contributed by atoms with Gasteiger partial charge in [0.1, 0.15) is 5.76 Å². The molecule has 3 heteroatoms. The number of aliphatic hydroxyl groups excluding tert-OH is 1. The van der Waals surface area contributed by atoms with Crippen LogP contribution in [-0.4, -0.2) is 5.11 Å². The van der Waals surface area contributed by atoms with Gasteiger partial charge in [-0.05, 0) is 24.1 Å². The molecule has 0 radical (unpaired) electrons. The Labute approximate surface area is 99.9 Å². The Bertz CT molecular complexity index is 437. The van der Waals surface area contributed by atoms with E-state index in [0.29, 0.717) is 12.3 Å². The summed E-state index contributed by atoms with van der Waals surface area (Å²) in [7, 11) is 0. The molecular formula is C13H15NOS. The summed E-state index contributed by atoms with van der Waals surface area (Å²) in [5.74, 6) is 0.485. The van der Waals surface area contributed by atoms with Crippen LogP contribution < -0.4 is 5.73 Å². The Kier molecular flexibility index (Phi) is 3.70. The summed E-state index contributed by atoms with van der Waals surface area (Å²) in [5, 5.41) is 9.77. The molecule has 0 saturated heterocycles. The Hall–Kier alpha value is -1.19. The van der Waals surface area contributed by atoms with Gasteiger partial charge < -0.3 is 10.8 Å². The molecule has 0 heterocycles. The lowest BCUT2D eigenvalue weighted by atomic mass is 10.2. The number of benzene rings is 1. The molecule has 2 nitrogen and oxygen atoms in total. The third-order valence-corrected chi connectivity index (χ3v) is 3.72. The summed E-state index contributed by atoms with van der Waals surface area (Å²) in [5.41, 5.74) is 6.80. The Morgan fingerprint density at radius 2 is 2.12 bits per heavy atom. The van der Waals surface area contributed by atoms with Crippen LogP contribution in [0.15, 0.2) is 52.0 Å². The monoisotopic (exact) mass is 233 g/mol. The van der Waals surface area contributed by atoms with Gasteiger partial charge in [-0.2, -0.15) is 0 Å². The molecule has 0 aromatic heterocycles. The predicted molar refractivity (Wildman–Crippen MR) is 68.2 cm³/mol. The van der Waals surface area contributed by atoms with Crippen molar-refractivity contribution in [1.29, 1.82) is 0 Å². The van der Waals surface area contributed by atoms with Crippen molar-refractivity contribution < 1.29 is 5.11 Å². The van der Waals surface area contributed by atoms with Crippen molar-refractivity contribution in [1.82, 2.24) is 0 Å². The Morgan fingerprint density at radius 3 is 2.88 bits per heavy atom. The summed E-state index contributed by atoms with van der Waals surface area (Å²) in [4.78, 5) is 2.06. The maximum atomic E-state index is 9.77. The molecular weight excluding hydrogens is 218 g/mol. The van der Waals surface area contributed by atoms with Gasteiger partial charge in [-0.3, -0.25) is 0 Å². The first-order chi connectivity index (χ1) is 7.81. The van der Waals surface area contributed by atoms with E-state index in [9.17, 15) is 5.11 Å². The molecule has 1 aliphatic rings. The van der Waals surface area contributed by atoms with E-state index in [4.69, 9.17) is 5.73 Å². The van der Waals surface area contributed by atoms with Gasteiger partial charge in [0.05, 0.1) is 0 Å². The van der Waals surface area contributed by atoms with Gasteiger partial charge in [-0.15, -0.1) is 0 Å². The fraction of sp³-hybridized carbons (Fsp3) is 0.231. The van der Waals surface area contributed by atoms with E-state index in [1.54, 1.807) is 11.8 Å². The van der Waals surface area contributed by atoms with Crippen molar-refractivity contribution >= 4 is 11.8 Å². The molecule has 0 spiro atoms. The number of aliphatic hydroxyl groups is 1. The molecule has 2 rings (SSSR count). The highest BCUT2D eigenvalue weighted by Gasteiger charge is 2.10. The fourth-order valence-electron chi connectivity index (χ4n) is 1.61. The van der Waals surface area contributed by atoms with Crippen LogP contribution in [-0.2, 0) is 6.54 Å². The number of hydrogen-bond acceptors (Lipinski definition) is 3. The minimum Gasteiger partial charge on any atom is -0.511 e. The Morgan fingerprint density at radius 1 is 1.31 bits per heavy atom. The summed E-state index contributed by atoms with van der Waals surface area (Å²) in [6, 6.07) is 8.03. The van der Waals surface area contributed by atoms with Crippen molar-refractivity contribution in [3.05, 3.63) is 52.6 Å². The highest BCUT2D eigenvalue weighted by molar-refractivity contribution is 8.03. The van der Waals surface area contributed by atoms with Crippen molar-refractivity contribution in [2.24, 2.45) is 5.73 Å². The minimum absolute atomic E-state index is 0.485. The highest BCUT2D eigenvalue weighted by Crippen LogP contribution is 2.34. The first kappa shape index (κ1) is 11.3. The molecule has 0 bridgehead atoms. The van der Waals surface area contributed by atoms with E-state index in [1.807, 2.05) is 30.3 Å². The van der Waals surface area contributed by atoms with E-state index >= 15 is 0 Å². The molecule has 3 N–H and O–H groups in total. The van der Waals surface area contributed by atoms with Gasteiger partial charge in [0.15, 0.2) is 0 Å². The van der Waals surface area contributed by atoms with Gasteiger partial charge >= 0.3 is 0 Å². The maximum Gasteiger partial charge on any atom is 0.106 e. The third kappa shape index (κ3) is 2.49. The molecule has 0 atom stereocenters. The van der Waals surface area contributed by atoms with Gasteiger partial charge in [0.2, 0.25) is 0 Å². The van der Waals surface area contributed by atoms with Crippen LogP contribution in [0.4, 0.5) is 0 Å². The lowest BCUT2D eigenvalue weighted by Gasteiger charge is -2.12. The van der Waals surface area contributed by atoms with Gasteiger partial charge in [0, 0.05) is 22.8 Å². The first-order valence-corrected chi connectivity index (χ1v) is 6.17. The molecule has 1 aromatic carbocycles. The molecule has 0 unspecified atom stereocenters. The molecule has 0 fully saturated rings. The normalized spacial score (nSPS) is 15.6. The number of rotatable bonds is 3. The number of allylic oxidation sites excluding steroid dienone is 3. The van der Waals surface area contributed by atoms with E-state index < -0.39 is 0 Å².